The average Bonchev–Trinajstić information content (AvgIpc) is 2.71. The van der Waals surface area contributed by atoms with Gasteiger partial charge in [-0.1, -0.05) is 96.0 Å². The van der Waals surface area contributed by atoms with Gasteiger partial charge in [0, 0.05) is 11.6 Å². The third kappa shape index (κ3) is 5.36. The van der Waals surface area contributed by atoms with Gasteiger partial charge in [-0.3, -0.25) is 4.57 Å². The van der Waals surface area contributed by atoms with Crippen LogP contribution in [-0.2, 0) is 4.57 Å². The maximum absolute atomic E-state index is 14.1. The second-order valence-corrected chi connectivity index (χ2v) is 8.96. The van der Waals surface area contributed by atoms with Crippen molar-refractivity contribution in [3.05, 3.63) is 114 Å². The maximum Gasteiger partial charge on any atom is 0.216 e. The zero-order valence-electron chi connectivity index (χ0n) is 14.7. The summed E-state index contributed by atoms with van der Waals surface area (Å²) in [6, 6.07) is 24.2. The van der Waals surface area contributed by atoms with Crippen molar-refractivity contribution < 1.29 is 8.96 Å². The van der Waals surface area contributed by atoms with E-state index in [0.29, 0.717) is 11.1 Å². The molecule has 0 bridgehead atoms. The SMILES string of the molecule is O=P(C=C(Cl)c1ccccc1)(C=C(Cl)c1ccccc1)Nc1ccccc1F. The van der Waals surface area contributed by atoms with E-state index in [1.54, 1.807) is 36.4 Å². The number of hydrogen-bond donors (Lipinski definition) is 1. The number of hydrogen-bond acceptors (Lipinski definition) is 1. The first-order valence-corrected chi connectivity index (χ1v) is 11.1. The molecule has 0 heterocycles. The van der Waals surface area contributed by atoms with Crippen molar-refractivity contribution in [1.29, 1.82) is 0 Å². The molecule has 2 nitrogen and oxygen atoms in total. The van der Waals surface area contributed by atoms with Crippen LogP contribution in [0.5, 0.6) is 0 Å². The van der Waals surface area contributed by atoms with E-state index in [9.17, 15) is 8.96 Å². The smallest absolute Gasteiger partial charge is 0.216 e. The first kappa shape index (κ1) is 20.4. The van der Waals surface area contributed by atoms with E-state index in [2.05, 4.69) is 5.09 Å². The Kier molecular flexibility index (Phi) is 6.74. The van der Waals surface area contributed by atoms with Crippen molar-refractivity contribution in [1.82, 2.24) is 0 Å². The van der Waals surface area contributed by atoms with Crippen LogP contribution in [0.3, 0.4) is 0 Å². The molecule has 0 amide bonds. The van der Waals surface area contributed by atoms with Gasteiger partial charge in [-0.15, -0.1) is 0 Å². The lowest BCUT2D eigenvalue weighted by Gasteiger charge is -2.16. The Morgan fingerprint density at radius 1 is 0.750 bits per heavy atom. The molecule has 3 rings (SSSR count). The molecule has 0 saturated carbocycles. The molecule has 0 aliphatic rings. The zero-order chi connectivity index (χ0) is 20.0. The number of benzene rings is 3. The van der Waals surface area contributed by atoms with E-state index < -0.39 is 13.1 Å². The highest BCUT2D eigenvalue weighted by Gasteiger charge is 2.21. The highest BCUT2D eigenvalue weighted by molar-refractivity contribution is 7.72. The quantitative estimate of drug-likeness (QED) is 0.400. The minimum absolute atomic E-state index is 0.105. The molecule has 0 unspecified atom stereocenters. The summed E-state index contributed by atoms with van der Waals surface area (Å²) in [5.74, 6) is 2.26. The predicted octanol–water partition coefficient (Wildman–Crippen LogP) is 7.99. The first-order chi connectivity index (χ1) is 13.5. The molecule has 0 aliphatic heterocycles. The minimum atomic E-state index is -3.49. The van der Waals surface area contributed by atoms with Gasteiger partial charge in [-0.05, 0) is 23.3 Å². The summed E-state index contributed by atoms with van der Waals surface area (Å²) < 4.78 is 27.9. The minimum Gasteiger partial charge on any atom is -0.328 e. The molecule has 0 atom stereocenters. The van der Waals surface area contributed by atoms with Gasteiger partial charge >= 0.3 is 0 Å². The van der Waals surface area contributed by atoms with E-state index in [1.807, 2.05) is 36.4 Å². The van der Waals surface area contributed by atoms with Crippen LogP contribution in [0.4, 0.5) is 10.1 Å². The second kappa shape index (κ2) is 9.25. The van der Waals surface area contributed by atoms with Crippen LogP contribution in [0, 0.1) is 5.82 Å². The Balaban J connectivity index is 2.05. The van der Waals surface area contributed by atoms with E-state index in [0.717, 1.165) is 0 Å². The van der Waals surface area contributed by atoms with Crippen LogP contribution in [-0.4, -0.2) is 0 Å². The normalized spacial score (nSPS) is 14.4. The molecule has 142 valence electrons. The van der Waals surface area contributed by atoms with E-state index in [1.165, 1.54) is 23.8 Å². The molecule has 0 radical (unpaired) electrons. The van der Waals surface area contributed by atoms with Crippen molar-refractivity contribution in [2.24, 2.45) is 0 Å². The molecule has 6 heteroatoms. The number of rotatable bonds is 6. The summed E-state index contributed by atoms with van der Waals surface area (Å²) >= 11 is 12.8. The van der Waals surface area contributed by atoms with Crippen molar-refractivity contribution in [3.63, 3.8) is 0 Å². The van der Waals surface area contributed by atoms with E-state index in [-0.39, 0.29) is 15.8 Å². The Morgan fingerprint density at radius 3 is 1.64 bits per heavy atom. The lowest BCUT2D eigenvalue weighted by molar-refractivity contribution is 0.588. The summed E-state index contributed by atoms with van der Waals surface area (Å²) in [5, 5.41) is 3.34. The average molecular weight is 432 g/mol. The fourth-order valence-electron chi connectivity index (χ4n) is 2.52. The van der Waals surface area contributed by atoms with Gasteiger partial charge in [0.15, 0.2) is 0 Å². The number of anilines is 1. The van der Waals surface area contributed by atoms with Gasteiger partial charge in [0.1, 0.15) is 5.82 Å². The highest BCUT2D eigenvalue weighted by atomic mass is 35.5. The van der Waals surface area contributed by atoms with Gasteiger partial charge in [0.2, 0.25) is 7.29 Å². The highest BCUT2D eigenvalue weighted by Crippen LogP contribution is 2.53. The molecule has 0 spiro atoms. The van der Waals surface area contributed by atoms with Crippen molar-refractivity contribution in [2.75, 3.05) is 5.09 Å². The topological polar surface area (TPSA) is 29.1 Å². The molecule has 0 aromatic heterocycles. The Hall–Kier alpha value is -2.32. The largest absolute Gasteiger partial charge is 0.328 e. The molecule has 3 aromatic carbocycles. The molecule has 0 saturated heterocycles. The molecular formula is C22H17Cl2FNOP. The van der Waals surface area contributed by atoms with Crippen molar-refractivity contribution in [3.8, 4) is 0 Å². The molecule has 0 fully saturated rings. The predicted molar refractivity (Wildman–Crippen MR) is 118 cm³/mol. The standard InChI is InChI=1S/C22H17Cl2FNOP/c23-19(17-9-3-1-4-10-17)15-28(27,26-22-14-8-7-13-21(22)25)16-20(24)18-11-5-2-6-12-18/h1-16H,(H,26,27). The van der Waals surface area contributed by atoms with Gasteiger partial charge < -0.3 is 5.09 Å². The second-order valence-electron chi connectivity index (χ2n) is 5.99. The summed E-state index contributed by atoms with van der Waals surface area (Å²) in [7, 11) is -3.49. The Labute approximate surface area is 173 Å². The first-order valence-electron chi connectivity index (χ1n) is 8.47. The molecular weight excluding hydrogens is 415 g/mol. The van der Waals surface area contributed by atoms with Gasteiger partial charge in [0.25, 0.3) is 0 Å². The fraction of sp³-hybridized carbons (Fsp3) is 0. The Bertz CT molecular complexity index is 993. The molecule has 28 heavy (non-hydrogen) atoms. The van der Waals surface area contributed by atoms with Crippen LogP contribution in [0.15, 0.2) is 96.6 Å². The van der Waals surface area contributed by atoms with E-state index >= 15 is 0 Å². The summed E-state index contributed by atoms with van der Waals surface area (Å²) in [6.07, 6.45) is 0. The van der Waals surface area contributed by atoms with Crippen molar-refractivity contribution >= 4 is 46.2 Å². The monoisotopic (exact) mass is 431 g/mol. The molecule has 0 aliphatic carbocycles. The van der Waals surface area contributed by atoms with Gasteiger partial charge in [-0.25, -0.2) is 4.39 Å². The zero-order valence-corrected chi connectivity index (χ0v) is 17.1. The summed E-state index contributed by atoms with van der Waals surface area (Å²) in [6.45, 7) is 0. The van der Waals surface area contributed by atoms with Crippen LogP contribution in [0.1, 0.15) is 11.1 Å². The van der Waals surface area contributed by atoms with Crippen LogP contribution >= 0.6 is 30.5 Å². The fourth-order valence-corrected chi connectivity index (χ4v) is 5.38. The lowest BCUT2D eigenvalue weighted by atomic mass is 10.2. The third-order valence-electron chi connectivity index (χ3n) is 3.88. The van der Waals surface area contributed by atoms with Crippen LogP contribution in [0.25, 0.3) is 10.1 Å². The van der Waals surface area contributed by atoms with Gasteiger partial charge in [0.05, 0.1) is 15.8 Å². The summed E-state index contributed by atoms with van der Waals surface area (Å²) in [4.78, 5) is 0. The van der Waals surface area contributed by atoms with E-state index in [4.69, 9.17) is 23.2 Å². The molecule has 3 aromatic rings. The van der Waals surface area contributed by atoms with Crippen LogP contribution < -0.4 is 5.09 Å². The van der Waals surface area contributed by atoms with Crippen molar-refractivity contribution in [2.45, 2.75) is 0 Å². The summed E-state index contributed by atoms with van der Waals surface area (Å²) in [5.41, 5.74) is 1.50. The number of nitrogens with one attached hydrogen (secondary N) is 1. The van der Waals surface area contributed by atoms with Crippen LogP contribution in [0.2, 0.25) is 0 Å². The lowest BCUT2D eigenvalue weighted by Crippen LogP contribution is -1.96. The van der Waals surface area contributed by atoms with Gasteiger partial charge in [-0.2, -0.15) is 0 Å². The third-order valence-corrected chi connectivity index (χ3v) is 6.71. The molecule has 1 N–H and O–H groups in total. The maximum atomic E-state index is 14.1. The Morgan fingerprint density at radius 2 is 1.18 bits per heavy atom. The number of halogens is 3. The number of para-hydroxylation sites is 1.